The summed E-state index contributed by atoms with van der Waals surface area (Å²) in [5, 5.41) is 5.56. The SMILES string of the molecule is CCCCCCCCCCCCCCCCNC(=O)OCCOC(=O)NCCCCCCCCCCCCCCCC. The second-order valence-corrected chi connectivity index (χ2v) is 12.3. The van der Waals surface area contributed by atoms with E-state index in [1.807, 2.05) is 0 Å². The number of carbonyl (C=O) groups is 2. The van der Waals surface area contributed by atoms with Gasteiger partial charge >= 0.3 is 12.2 Å². The molecule has 0 aliphatic rings. The Balaban J connectivity index is 3.26. The van der Waals surface area contributed by atoms with Gasteiger partial charge in [-0.15, -0.1) is 0 Å². The zero-order chi connectivity index (χ0) is 30.6. The van der Waals surface area contributed by atoms with Crippen LogP contribution >= 0.6 is 0 Å². The van der Waals surface area contributed by atoms with Crippen molar-refractivity contribution < 1.29 is 19.1 Å². The minimum Gasteiger partial charge on any atom is -0.446 e. The second-order valence-electron chi connectivity index (χ2n) is 12.3. The van der Waals surface area contributed by atoms with E-state index in [0.29, 0.717) is 13.1 Å². The molecule has 0 aromatic heterocycles. The maximum atomic E-state index is 11.8. The molecule has 2 amide bonds. The van der Waals surface area contributed by atoms with Gasteiger partial charge in [0.05, 0.1) is 0 Å². The highest BCUT2D eigenvalue weighted by atomic mass is 16.6. The number of carbonyl (C=O) groups excluding carboxylic acids is 2. The Labute approximate surface area is 261 Å². The molecule has 0 atom stereocenters. The zero-order valence-corrected chi connectivity index (χ0v) is 28.3. The third kappa shape index (κ3) is 34.7. The Hall–Kier alpha value is -1.46. The Morgan fingerprint density at radius 2 is 0.571 bits per heavy atom. The third-order valence-electron chi connectivity index (χ3n) is 8.15. The minimum atomic E-state index is -0.434. The van der Waals surface area contributed by atoms with Crippen LogP contribution < -0.4 is 10.6 Å². The van der Waals surface area contributed by atoms with Crippen molar-refractivity contribution in [3.8, 4) is 0 Å². The maximum Gasteiger partial charge on any atom is 0.407 e. The van der Waals surface area contributed by atoms with Crippen LogP contribution in [0.1, 0.15) is 194 Å². The van der Waals surface area contributed by atoms with E-state index < -0.39 is 12.2 Å². The van der Waals surface area contributed by atoms with Gasteiger partial charge in [-0.2, -0.15) is 0 Å². The van der Waals surface area contributed by atoms with Crippen LogP contribution in [0.3, 0.4) is 0 Å². The van der Waals surface area contributed by atoms with Gasteiger partial charge in [0.15, 0.2) is 0 Å². The quantitative estimate of drug-likeness (QED) is 0.0739. The Kier molecular flexibility index (Phi) is 34.5. The predicted octanol–water partition coefficient (Wildman–Crippen LogP) is 11.4. The lowest BCUT2D eigenvalue weighted by molar-refractivity contribution is 0.0956. The van der Waals surface area contributed by atoms with Crippen molar-refractivity contribution >= 4 is 12.2 Å². The molecule has 250 valence electrons. The van der Waals surface area contributed by atoms with Gasteiger partial charge in [-0.1, -0.05) is 181 Å². The number of alkyl carbamates (subject to hydrolysis) is 2. The van der Waals surface area contributed by atoms with Crippen molar-refractivity contribution in [2.75, 3.05) is 26.3 Å². The highest BCUT2D eigenvalue weighted by molar-refractivity contribution is 5.67. The summed E-state index contributed by atoms with van der Waals surface area (Å²) in [7, 11) is 0. The molecule has 0 heterocycles. The molecular formula is C36H72N2O4. The van der Waals surface area contributed by atoms with Crippen LogP contribution in [0.4, 0.5) is 9.59 Å². The van der Waals surface area contributed by atoms with E-state index in [9.17, 15) is 9.59 Å². The number of hydrogen-bond donors (Lipinski definition) is 2. The Morgan fingerprint density at radius 3 is 0.810 bits per heavy atom. The average Bonchev–Trinajstić information content (AvgIpc) is 2.99. The standard InChI is InChI=1S/C36H72N2O4/c1-3-5-7-9-11-13-15-17-19-21-23-25-27-29-31-37-35(39)41-33-34-42-36(40)38-32-30-28-26-24-22-20-18-16-14-12-10-8-6-4-2/h3-34H2,1-2H3,(H,37,39)(H,38,40). The summed E-state index contributed by atoms with van der Waals surface area (Å²) in [6.45, 7) is 5.98. The lowest BCUT2D eigenvalue weighted by Gasteiger charge is -2.09. The molecule has 0 saturated heterocycles. The van der Waals surface area contributed by atoms with Gasteiger partial charge in [0.25, 0.3) is 0 Å². The van der Waals surface area contributed by atoms with E-state index >= 15 is 0 Å². The summed E-state index contributed by atoms with van der Waals surface area (Å²) in [6.07, 6.45) is 36.1. The maximum absolute atomic E-state index is 11.8. The normalized spacial score (nSPS) is 11.0. The molecule has 0 bridgehead atoms. The number of hydrogen-bond acceptors (Lipinski definition) is 4. The topological polar surface area (TPSA) is 76.7 Å². The first-order chi connectivity index (χ1) is 20.7. The molecule has 0 aliphatic carbocycles. The number of ether oxygens (including phenoxy) is 2. The Bertz CT molecular complexity index is 511. The van der Waals surface area contributed by atoms with Crippen LogP contribution in [-0.4, -0.2) is 38.5 Å². The fourth-order valence-corrected chi connectivity index (χ4v) is 5.39. The molecule has 0 saturated carbocycles. The molecule has 0 fully saturated rings. The molecule has 42 heavy (non-hydrogen) atoms. The van der Waals surface area contributed by atoms with Crippen LogP contribution in [-0.2, 0) is 9.47 Å². The summed E-state index contributed by atoms with van der Waals surface area (Å²) >= 11 is 0. The zero-order valence-electron chi connectivity index (χ0n) is 28.3. The average molecular weight is 597 g/mol. The van der Waals surface area contributed by atoms with Gasteiger partial charge in [-0.25, -0.2) is 9.59 Å². The third-order valence-corrected chi connectivity index (χ3v) is 8.15. The van der Waals surface area contributed by atoms with Crippen molar-refractivity contribution in [2.24, 2.45) is 0 Å². The van der Waals surface area contributed by atoms with Crippen LogP contribution in [0.2, 0.25) is 0 Å². The molecule has 0 aliphatic heterocycles. The van der Waals surface area contributed by atoms with Crippen LogP contribution in [0, 0.1) is 0 Å². The predicted molar refractivity (Wildman–Crippen MR) is 179 cm³/mol. The molecule has 0 aromatic rings. The number of rotatable bonds is 33. The van der Waals surface area contributed by atoms with Gasteiger partial charge in [-0.05, 0) is 12.8 Å². The van der Waals surface area contributed by atoms with Crippen LogP contribution in [0.25, 0.3) is 0 Å². The van der Waals surface area contributed by atoms with E-state index in [-0.39, 0.29) is 13.2 Å². The van der Waals surface area contributed by atoms with Crippen molar-refractivity contribution in [3.63, 3.8) is 0 Å². The smallest absolute Gasteiger partial charge is 0.407 e. The lowest BCUT2D eigenvalue weighted by atomic mass is 10.0. The first-order valence-corrected chi connectivity index (χ1v) is 18.5. The minimum absolute atomic E-state index is 0.0802. The number of amides is 2. The van der Waals surface area contributed by atoms with E-state index in [4.69, 9.17) is 9.47 Å². The van der Waals surface area contributed by atoms with Crippen molar-refractivity contribution in [1.82, 2.24) is 10.6 Å². The molecule has 0 rings (SSSR count). The van der Waals surface area contributed by atoms with Gasteiger partial charge in [0.1, 0.15) is 13.2 Å². The molecular weight excluding hydrogens is 524 g/mol. The number of nitrogens with one attached hydrogen (secondary N) is 2. The molecule has 0 spiro atoms. The summed E-state index contributed by atoms with van der Waals surface area (Å²) in [4.78, 5) is 23.5. The molecule has 2 N–H and O–H groups in total. The first kappa shape index (κ1) is 40.5. The van der Waals surface area contributed by atoms with Gasteiger partial charge in [0.2, 0.25) is 0 Å². The van der Waals surface area contributed by atoms with Crippen LogP contribution in [0.15, 0.2) is 0 Å². The first-order valence-electron chi connectivity index (χ1n) is 18.5. The highest BCUT2D eigenvalue weighted by Gasteiger charge is 2.04. The van der Waals surface area contributed by atoms with E-state index in [2.05, 4.69) is 24.5 Å². The second kappa shape index (κ2) is 35.7. The summed E-state index contributed by atoms with van der Waals surface area (Å²) in [5.74, 6) is 0. The van der Waals surface area contributed by atoms with Gasteiger partial charge in [0, 0.05) is 13.1 Å². The molecule has 0 radical (unpaired) electrons. The largest absolute Gasteiger partial charge is 0.446 e. The number of unbranched alkanes of at least 4 members (excludes halogenated alkanes) is 26. The van der Waals surface area contributed by atoms with Crippen molar-refractivity contribution in [3.05, 3.63) is 0 Å². The fraction of sp³-hybridized carbons (Fsp3) is 0.944. The van der Waals surface area contributed by atoms with E-state index in [1.54, 1.807) is 0 Å². The van der Waals surface area contributed by atoms with E-state index in [1.165, 1.54) is 154 Å². The molecule has 6 heteroatoms. The van der Waals surface area contributed by atoms with Gasteiger partial charge in [-0.3, -0.25) is 0 Å². The summed E-state index contributed by atoms with van der Waals surface area (Å²) in [6, 6.07) is 0. The van der Waals surface area contributed by atoms with Crippen LogP contribution in [0.5, 0.6) is 0 Å². The molecule has 0 unspecified atom stereocenters. The van der Waals surface area contributed by atoms with E-state index in [0.717, 1.165) is 25.7 Å². The summed E-state index contributed by atoms with van der Waals surface area (Å²) in [5.41, 5.74) is 0. The van der Waals surface area contributed by atoms with Crippen molar-refractivity contribution in [2.45, 2.75) is 194 Å². The highest BCUT2D eigenvalue weighted by Crippen LogP contribution is 2.14. The Morgan fingerprint density at radius 1 is 0.357 bits per heavy atom. The monoisotopic (exact) mass is 597 g/mol. The molecule has 0 aromatic carbocycles. The van der Waals surface area contributed by atoms with Gasteiger partial charge < -0.3 is 20.1 Å². The lowest BCUT2D eigenvalue weighted by Crippen LogP contribution is -2.29. The summed E-state index contributed by atoms with van der Waals surface area (Å²) < 4.78 is 10.2. The molecule has 6 nitrogen and oxygen atoms in total. The fourth-order valence-electron chi connectivity index (χ4n) is 5.39. The van der Waals surface area contributed by atoms with Crippen molar-refractivity contribution in [1.29, 1.82) is 0 Å².